The topological polar surface area (TPSA) is 27.7 Å². The quantitative estimate of drug-likeness (QED) is 0.126. The molecule has 4 aromatic carbocycles. The molecule has 0 saturated heterocycles. The summed E-state index contributed by atoms with van der Waals surface area (Å²) in [6.07, 6.45) is 8.91. The normalized spacial score (nSPS) is 10.0. The summed E-state index contributed by atoms with van der Waals surface area (Å²) in [7, 11) is 0. The standard InChI is InChI=1S/C19H24O.C18H22O2.C2H6/c1-2-8-17-12-14-19(15-13-17)20-16-7-6-11-18-9-4-3-5-10-18;1-2-8-16-9-6-12-18(15-16)20-14-7-13-19-17-10-4-3-5-11-17;1-2/h3-5,9-10,12-15H,2,6-8,11,16H2,1H3;3-6,9-12,15H,2,7-8,13-14H2,1H3;1-2H3. The van der Waals surface area contributed by atoms with E-state index < -0.39 is 0 Å². The maximum Gasteiger partial charge on any atom is 0.119 e. The van der Waals surface area contributed by atoms with Crippen molar-refractivity contribution in [2.45, 2.75) is 79.1 Å². The molecule has 4 aromatic rings. The summed E-state index contributed by atoms with van der Waals surface area (Å²) >= 11 is 0. The average molecular weight is 569 g/mol. The summed E-state index contributed by atoms with van der Waals surface area (Å²) in [5, 5.41) is 0. The third kappa shape index (κ3) is 15.3. The Kier molecular flexibility index (Phi) is 18.8. The highest BCUT2D eigenvalue weighted by Gasteiger charge is 1.98. The van der Waals surface area contributed by atoms with Crippen LogP contribution in [-0.2, 0) is 19.3 Å². The Bertz CT molecular complexity index is 1160. The van der Waals surface area contributed by atoms with Gasteiger partial charge in [0.15, 0.2) is 0 Å². The van der Waals surface area contributed by atoms with Crippen LogP contribution < -0.4 is 14.2 Å². The summed E-state index contributed by atoms with van der Waals surface area (Å²) in [6, 6.07) is 37.4. The lowest BCUT2D eigenvalue weighted by molar-refractivity contribution is 0.247. The lowest BCUT2D eigenvalue weighted by Gasteiger charge is -2.09. The van der Waals surface area contributed by atoms with Crippen LogP contribution in [0.4, 0.5) is 0 Å². The average Bonchev–Trinajstić information content (AvgIpc) is 3.04. The number of unbranched alkanes of at least 4 members (excludes halogenated alkanes) is 1. The zero-order valence-electron chi connectivity index (χ0n) is 26.4. The van der Waals surface area contributed by atoms with Gasteiger partial charge in [-0.15, -0.1) is 0 Å². The zero-order valence-corrected chi connectivity index (χ0v) is 26.4. The molecular formula is C39H52O3. The van der Waals surface area contributed by atoms with Crippen molar-refractivity contribution in [2.24, 2.45) is 0 Å². The van der Waals surface area contributed by atoms with E-state index in [1.807, 2.05) is 50.2 Å². The molecule has 42 heavy (non-hydrogen) atoms. The van der Waals surface area contributed by atoms with Crippen LogP contribution in [0, 0.1) is 0 Å². The Morgan fingerprint density at radius 2 is 0.881 bits per heavy atom. The second-order valence-corrected chi connectivity index (χ2v) is 9.95. The van der Waals surface area contributed by atoms with Crippen molar-refractivity contribution in [1.82, 2.24) is 0 Å². The van der Waals surface area contributed by atoms with E-state index in [0.29, 0.717) is 13.2 Å². The van der Waals surface area contributed by atoms with Crippen LogP contribution in [0.1, 0.15) is 76.5 Å². The molecule has 0 spiro atoms. The molecule has 0 heterocycles. The molecule has 3 heteroatoms. The van der Waals surface area contributed by atoms with Gasteiger partial charge >= 0.3 is 0 Å². The van der Waals surface area contributed by atoms with Gasteiger partial charge in [-0.3, -0.25) is 0 Å². The van der Waals surface area contributed by atoms with E-state index in [4.69, 9.17) is 14.2 Å². The first-order valence-corrected chi connectivity index (χ1v) is 15.9. The Balaban J connectivity index is 0.000000277. The van der Waals surface area contributed by atoms with Crippen LogP contribution in [0.3, 0.4) is 0 Å². The van der Waals surface area contributed by atoms with Crippen LogP contribution in [0.5, 0.6) is 17.2 Å². The molecule has 226 valence electrons. The highest BCUT2D eigenvalue weighted by atomic mass is 16.5. The minimum atomic E-state index is 0.679. The predicted octanol–water partition coefficient (Wildman–Crippen LogP) is 10.6. The fourth-order valence-electron chi connectivity index (χ4n) is 4.34. The van der Waals surface area contributed by atoms with Gasteiger partial charge in [0.2, 0.25) is 0 Å². The summed E-state index contributed by atoms with van der Waals surface area (Å²) in [5.74, 6) is 2.86. The van der Waals surface area contributed by atoms with Gasteiger partial charge < -0.3 is 14.2 Å². The Morgan fingerprint density at radius 3 is 1.52 bits per heavy atom. The number of ether oxygens (including phenoxy) is 3. The molecule has 0 aliphatic rings. The highest BCUT2D eigenvalue weighted by Crippen LogP contribution is 2.16. The lowest BCUT2D eigenvalue weighted by atomic mass is 10.1. The fourth-order valence-corrected chi connectivity index (χ4v) is 4.34. The molecule has 0 radical (unpaired) electrons. The summed E-state index contributed by atoms with van der Waals surface area (Å²) in [5.41, 5.74) is 4.14. The highest BCUT2D eigenvalue weighted by molar-refractivity contribution is 5.29. The van der Waals surface area contributed by atoms with Gasteiger partial charge in [-0.25, -0.2) is 0 Å². The number of hydrogen-bond acceptors (Lipinski definition) is 3. The largest absolute Gasteiger partial charge is 0.494 e. The van der Waals surface area contributed by atoms with Crippen molar-refractivity contribution in [3.05, 3.63) is 126 Å². The molecule has 0 atom stereocenters. The first-order chi connectivity index (χ1) is 20.8. The number of rotatable bonds is 16. The second kappa shape index (κ2) is 22.9. The minimum Gasteiger partial charge on any atom is -0.494 e. The lowest BCUT2D eigenvalue weighted by Crippen LogP contribution is -2.05. The predicted molar refractivity (Wildman–Crippen MR) is 179 cm³/mol. The Hall–Kier alpha value is -3.72. The monoisotopic (exact) mass is 568 g/mol. The summed E-state index contributed by atoms with van der Waals surface area (Å²) in [4.78, 5) is 0. The molecule has 4 rings (SSSR count). The van der Waals surface area contributed by atoms with E-state index in [1.54, 1.807) is 0 Å². The number of hydrogen-bond donors (Lipinski definition) is 0. The number of benzene rings is 4. The molecule has 0 aromatic heterocycles. The second-order valence-electron chi connectivity index (χ2n) is 9.95. The summed E-state index contributed by atoms with van der Waals surface area (Å²) in [6.45, 7) is 10.6. The smallest absolute Gasteiger partial charge is 0.119 e. The van der Waals surface area contributed by atoms with E-state index in [2.05, 4.69) is 86.6 Å². The van der Waals surface area contributed by atoms with Gasteiger partial charge in [-0.05, 0) is 85.2 Å². The fraction of sp³-hybridized carbons (Fsp3) is 0.385. The first-order valence-electron chi connectivity index (χ1n) is 15.9. The van der Waals surface area contributed by atoms with E-state index in [-0.39, 0.29) is 0 Å². The molecule has 0 aliphatic heterocycles. The first kappa shape index (κ1) is 34.5. The zero-order chi connectivity index (χ0) is 30.1. The van der Waals surface area contributed by atoms with Crippen LogP contribution in [0.25, 0.3) is 0 Å². The maximum absolute atomic E-state index is 5.78. The number of para-hydroxylation sites is 1. The van der Waals surface area contributed by atoms with Gasteiger partial charge in [-0.1, -0.05) is 113 Å². The van der Waals surface area contributed by atoms with Crippen molar-refractivity contribution in [2.75, 3.05) is 19.8 Å². The van der Waals surface area contributed by atoms with Crippen LogP contribution >= 0.6 is 0 Å². The minimum absolute atomic E-state index is 0.679. The van der Waals surface area contributed by atoms with Gasteiger partial charge in [0.05, 0.1) is 19.8 Å². The third-order valence-corrected chi connectivity index (χ3v) is 6.44. The number of aryl methyl sites for hydroxylation is 3. The van der Waals surface area contributed by atoms with Crippen LogP contribution in [-0.4, -0.2) is 19.8 Å². The Morgan fingerprint density at radius 1 is 0.405 bits per heavy atom. The van der Waals surface area contributed by atoms with Gasteiger partial charge in [0, 0.05) is 6.42 Å². The van der Waals surface area contributed by atoms with Crippen LogP contribution in [0.2, 0.25) is 0 Å². The molecule has 0 amide bonds. The summed E-state index contributed by atoms with van der Waals surface area (Å²) < 4.78 is 17.2. The van der Waals surface area contributed by atoms with Crippen molar-refractivity contribution in [3.8, 4) is 17.2 Å². The molecule has 0 N–H and O–H groups in total. The Labute approximate surface area is 255 Å². The van der Waals surface area contributed by atoms with Crippen LogP contribution in [0.15, 0.2) is 109 Å². The van der Waals surface area contributed by atoms with E-state index in [0.717, 1.165) is 62.4 Å². The van der Waals surface area contributed by atoms with E-state index in [1.165, 1.54) is 29.5 Å². The van der Waals surface area contributed by atoms with Crippen molar-refractivity contribution < 1.29 is 14.2 Å². The van der Waals surface area contributed by atoms with Gasteiger partial charge in [-0.2, -0.15) is 0 Å². The van der Waals surface area contributed by atoms with Gasteiger partial charge in [0.1, 0.15) is 17.2 Å². The van der Waals surface area contributed by atoms with Crippen molar-refractivity contribution >= 4 is 0 Å². The molecule has 0 aliphatic carbocycles. The van der Waals surface area contributed by atoms with E-state index in [9.17, 15) is 0 Å². The molecule has 3 nitrogen and oxygen atoms in total. The molecule has 0 saturated carbocycles. The maximum atomic E-state index is 5.78. The van der Waals surface area contributed by atoms with Crippen molar-refractivity contribution in [3.63, 3.8) is 0 Å². The molecule has 0 fully saturated rings. The molecular weight excluding hydrogens is 516 g/mol. The van der Waals surface area contributed by atoms with E-state index >= 15 is 0 Å². The molecule has 0 bridgehead atoms. The van der Waals surface area contributed by atoms with Gasteiger partial charge in [0.25, 0.3) is 0 Å². The molecule has 0 unspecified atom stereocenters. The van der Waals surface area contributed by atoms with Crippen molar-refractivity contribution in [1.29, 1.82) is 0 Å². The third-order valence-electron chi connectivity index (χ3n) is 6.44. The SMILES string of the molecule is CC.CCCc1ccc(OCCCCc2ccccc2)cc1.CCCc1cccc(OCCCOc2ccccc2)c1.